The van der Waals surface area contributed by atoms with Crippen molar-refractivity contribution in [3.63, 3.8) is 0 Å². The predicted molar refractivity (Wildman–Crippen MR) is 84.8 cm³/mol. The molecule has 120 valence electrons. The summed E-state index contributed by atoms with van der Waals surface area (Å²) in [5.74, 6) is 0.134. The molecule has 2 N–H and O–H groups in total. The number of rotatable bonds is 4. The molecule has 0 saturated heterocycles. The molecule has 1 fully saturated rings. The number of carbonyl (C=O) groups is 2. The molecule has 2 atom stereocenters. The molecule has 1 saturated carbocycles. The highest BCUT2D eigenvalue weighted by molar-refractivity contribution is 5.97. The highest BCUT2D eigenvalue weighted by atomic mass is 16.3. The maximum Gasteiger partial charge on any atom is 0.253 e. The monoisotopic (exact) mass is 304 g/mol. The van der Waals surface area contributed by atoms with E-state index in [0.717, 1.165) is 25.7 Å². The molecule has 2 rings (SSSR count). The standard InChI is InChI=1S/C17H24N2O3/c1-19(2)17(22)14-8-6-13(7-9-14)16(21)18-11-12-4-3-5-15(20)10-12/h6-9,12,15,20H,3-5,10-11H2,1-2H3,(H,18,21). The molecule has 0 spiro atoms. The molecule has 1 aromatic rings. The Morgan fingerprint density at radius 3 is 2.41 bits per heavy atom. The minimum absolute atomic E-state index is 0.0804. The smallest absolute Gasteiger partial charge is 0.253 e. The van der Waals surface area contributed by atoms with Crippen LogP contribution >= 0.6 is 0 Å². The van der Waals surface area contributed by atoms with Crippen molar-refractivity contribution in [3.8, 4) is 0 Å². The molecule has 2 amide bonds. The van der Waals surface area contributed by atoms with E-state index in [1.807, 2.05) is 0 Å². The number of amides is 2. The van der Waals surface area contributed by atoms with Gasteiger partial charge in [-0.15, -0.1) is 0 Å². The van der Waals surface area contributed by atoms with E-state index < -0.39 is 0 Å². The molecule has 0 bridgehead atoms. The molecule has 0 heterocycles. The number of nitrogens with zero attached hydrogens (tertiary/aromatic N) is 1. The van der Waals surface area contributed by atoms with Gasteiger partial charge in [0.2, 0.25) is 0 Å². The zero-order valence-electron chi connectivity index (χ0n) is 13.2. The van der Waals surface area contributed by atoms with Crippen LogP contribution in [-0.4, -0.2) is 48.6 Å². The summed E-state index contributed by atoms with van der Waals surface area (Å²) >= 11 is 0. The Bertz CT molecular complexity index is 525. The average Bonchev–Trinajstić information content (AvgIpc) is 2.52. The van der Waals surface area contributed by atoms with Gasteiger partial charge in [-0.25, -0.2) is 0 Å². The third-order valence-electron chi connectivity index (χ3n) is 4.11. The first-order valence-electron chi connectivity index (χ1n) is 7.75. The van der Waals surface area contributed by atoms with Gasteiger partial charge in [0.15, 0.2) is 0 Å². The van der Waals surface area contributed by atoms with Crippen LogP contribution in [0.15, 0.2) is 24.3 Å². The third kappa shape index (κ3) is 4.31. The molecule has 5 nitrogen and oxygen atoms in total. The quantitative estimate of drug-likeness (QED) is 0.889. The maximum absolute atomic E-state index is 12.1. The van der Waals surface area contributed by atoms with E-state index in [-0.39, 0.29) is 17.9 Å². The van der Waals surface area contributed by atoms with Crippen molar-refractivity contribution in [2.45, 2.75) is 31.8 Å². The molecule has 1 aliphatic rings. The first kappa shape index (κ1) is 16.5. The summed E-state index contributed by atoms with van der Waals surface area (Å²) in [4.78, 5) is 25.4. The number of hydrogen-bond donors (Lipinski definition) is 2. The van der Waals surface area contributed by atoms with Crippen LogP contribution in [-0.2, 0) is 0 Å². The molecule has 2 unspecified atom stereocenters. The van der Waals surface area contributed by atoms with Gasteiger partial charge < -0.3 is 15.3 Å². The SMILES string of the molecule is CN(C)C(=O)c1ccc(C(=O)NCC2CCCC(O)C2)cc1. The number of hydrogen-bond acceptors (Lipinski definition) is 3. The van der Waals surface area contributed by atoms with Crippen molar-refractivity contribution in [1.82, 2.24) is 10.2 Å². The highest BCUT2D eigenvalue weighted by Gasteiger charge is 2.20. The van der Waals surface area contributed by atoms with Crippen LogP contribution in [0.25, 0.3) is 0 Å². The van der Waals surface area contributed by atoms with Crippen molar-refractivity contribution in [2.24, 2.45) is 5.92 Å². The number of carbonyl (C=O) groups excluding carboxylic acids is 2. The maximum atomic E-state index is 12.1. The van der Waals surface area contributed by atoms with Crippen LogP contribution < -0.4 is 5.32 Å². The highest BCUT2D eigenvalue weighted by Crippen LogP contribution is 2.23. The second-order valence-corrected chi connectivity index (χ2v) is 6.17. The van der Waals surface area contributed by atoms with Crippen molar-refractivity contribution in [2.75, 3.05) is 20.6 Å². The molecular weight excluding hydrogens is 280 g/mol. The van der Waals surface area contributed by atoms with Crippen LogP contribution in [0, 0.1) is 5.92 Å². The molecular formula is C17H24N2O3. The van der Waals surface area contributed by atoms with Gasteiger partial charge in [-0.1, -0.05) is 6.42 Å². The second kappa shape index (κ2) is 7.40. The molecule has 22 heavy (non-hydrogen) atoms. The first-order valence-corrected chi connectivity index (χ1v) is 7.75. The summed E-state index contributed by atoms with van der Waals surface area (Å²) in [6, 6.07) is 6.67. The van der Waals surface area contributed by atoms with Gasteiger partial charge in [-0.05, 0) is 49.4 Å². The van der Waals surface area contributed by atoms with E-state index in [4.69, 9.17) is 0 Å². The Balaban J connectivity index is 1.88. The summed E-state index contributed by atoms with van der Waals surface area (Å²) < 4.78 is 0. The number of aliphatic hydroxyl groups excluding tert-OH is 1. The van der Waals surface area contributed by atoms with Crippen molar-refractivity contribution < 1.29 is 14.7 Å². The van der Waals surface area contributed by atoms with E-state index in [1.54, 1.807) is 38.4 Å². The fourth-order valence-electron chi connectivity index (χ4n) is 2.81. The molecule has 5 heteroatoms. The van der Waals surface area contributed by atoms with Crippen molar-refractivity contribution in [1.29, 1.82) is 0 Å². The van der Waals surface area contributed by atoms with Gasteiger partial charge >= 0.3 is 0 Å². The Morgan fingerprint density at radius 1 is 1.18 bits per heavy atom. The molecule has 0 aromatic heterocycles. The molecule has 0 aliphatic heterocycles. The largest absolute Gasteiger partial charge is 0.393 e. The summed E-state index contributed by atoms with van der Waals surface area (Å²) in [6.07, 6.45) is 3.46. The van der Waals surface area contributed by atoms with Gasteiger partial charge in [0.1, 0.15) is 0 Å². The number of benzene rings is 1. The Labute approximate surface area is 131 Å². The van der Waals surface area contributed by atoms with E-state index >= 15 is 0 Å². The Kier molecular flexibility index (Phi) is 5.55. The van der Waals surface area contributed by atoms with Crippen molar-refractivity contribution >= 4 is 11.8 Å². The van der Waals surface area contributed by atoms with Crippen LogP contribution in [0.1, 0.15) is 46.4 Å². The predicted octanol–water partition coefficient (Wildman–Crippen LogP) is 1.67. The fraction of sp³-hybridized carbons (Fsp3) is 0.529. The Morgan fingerprint density at radius 2 is 1.82 bits per heavy atom. The third-order valence-corrected chi connectivity index (χ3v) is 4.11. The van der Waals surface area contributed by atoms with E-state index in [0.29, 0.717) is 23.6 Å². The lowest BCUT2D eigenvalue weighted by atomic mass is 9.87. The van der Waals surface area contributed by atoms with Crippen molar-refractivity contribution in [3.05, 3.63) is 35.4 Å². The minimum atomic E-state index is -0.230. The van der Waals surface area contributed by atoms with Crippen LogP contribution in [0.2, 0.25) is 0 Å². The lowest BCUT2D eigenvalue weighted by molar-refractivity contribution is 0.0826. The first-order chi connectivity index (χ1) is 10.5. The van der Waals surface area contributed by atoms with Crippen LogP contribution in [0.3, 0.4) is 0 Å². The van der Waals surface area contributed by atoms with E-state index in [2.05, 4.69) is 5.32 Å². The zero-order chi connectivity index (χ0) is 16.1. The molecule has 1 aromatic carbocycles. The fourth-order valence-corrected chi connectivity index (χ4v) is 2.81. The Hall–Kier alpha value is -1.88. The number of aliphatic hydroxyl groups is 1. The summed E-state index contributed by atoms with van der Waals surface area (Å²) in [5.41, 5.74) is 1.11. The second-order valence-electron chi connectivity index (χ2n) is 6.17. The van der Waals surface area contributed by atoms with Crippen LogP contribution in [0.4, 0.5) is 0 Å². The van der Waals surface area contributed by atoms with Gasteiger partial charge in [0, 0.05) is 31.8 Å². The van der Waals surface area contributed by atoms with Gasteiger partial charge in [-0.2, -0.15) is 0 Å². The van der Waals surface area contributed by atoms with Gasteiger partial charge in [-0.3, -0.25) is 9.59 Å². The summed E-state index contributed by atoms with van der Waals surface area (Å²) in [6.45, 7) is 0.592. The summed E-state index contributed by atoms with van der Waals surface area (Å²) in [5, 5.41) is 12.6. The topological polar surface area (TPSA) is 69.6 Å². The lowest BCUT2D eigenvalue weighted by Crippen LogP contribution is -2.33. The van der Waals surface area contributed by atoms with E-state index in [9.17, 15) is 14.7 Å². The zero-order valence-corrected chi connectivity index (χ0v) is 13.2. The lowest BCUT2D eigenvalue weighted by Gasteiger charge is -2.25. The van der Waals surface area contributed by atoms with E-state index in [1.165, 1.54) is 4.90 Å². The minimum Gasteiger partial charge on any atom is -0.393 e. The summed E-state index contributed by atoms with van der Waals surface area (Å²) in [7, 11) is 3.39. The number of nitrogens with one attached hydrogen (secondary N) is 1. The van der Waals surface area contributed by atoms with Gasteiger partial charge in [0.05, 0.1) is 6.10 Å². The van der Waals surface area contributed by atoms with Gasteiger partial charge in [0.25, 0.3) is 11.8 Å². The average molecular weight is 304 g/mol. The molecule has 0 radical (unpaired) electrons. The molecule has 1 aliphatic carbocycles. The van der Waals surface area contributed by atoms with Crippen LogP contribution in [0.5, 0.6) is 0 Å². The normalized spacial score (nSPS) is 21.2.